The fourth-order valence-corrected chi connectivity index (χ4v) is 2.70. The van der Waals surface area contributed by atoms with Crippen molar-refractivity contribution in [2.24, 2.45) is 0 Å². The van der Waals surface area contributed by atoms with E-state index in [9.17, 15) is 14.4 Å². The summed E-state index contributed by atoms with van der Waals surface area (Å²) in [5.41, 5.74) is 6.65. The Labute approximate surface area is 149 Å². The molecule has 25 heavy (non-hydrogen) atoms. The average molecular weight is 360 g/mol. The molecule has 0 radical (unpaired) electrons. The van der Waals surface area contributed by atoms with Gasteiger partial charge in [0, 0.05) is 17.3 Å². The molecule has 0 unspecified atom stereocenters. The Morgan fingerprint density at radius 2 is 1.92 bits per heavy atom. The molecule has 8 heteroatoms. The molecule has 132 valence electrons. The lowest BCUT2D eigenvalue weighted by Crippen LogP contribution is -2.42. The van der Waals surface area contributed by atoms with Gasteiger partial charge in [-0.25, -0.2) is 4.98 Å². The third-order valence-electron chi connectivity index (χ3n) is 3.25. The predicted molar refractivity (Wildman–Crippen MR) is 96.4 cm³/mol. The standard InChI is InChI=1S/C17H20N4O3S/c1-3-4-13-9-14(22)19-17(18-13)25-10-15(23)20-21-16(24)12-7-5-11(2)6-8-12/h5-9H,3-4,10H2,1-2H3,(H,20,23)(H,21,24)(H,18,19,22). The van der Waals surface area contributed by atoms with Crippen LogP contribution < -0.4 is 16.4 Å². The quantitative estimate of drug-likeness (QED) is 0.412. The molecule has 0 aliphatic carbocycles. The van der Waals surface area contributed by atoms with Gasteiger partial charge in [0.2, 0.25) is 5.91 Å². The largest absolute Gasteiger partial charge is 0.301 e. The molecule has 0 fully saturated rings. The smallest absolute Gasteiger partial charge is 0.269 e. The minimum atomic E-state index is -0.394. The van der Waals surface area contributed by atoms with Gasteiger partial charge in [-0.3, -0.25) is 25.2 Å². The number of hydrogen-bond donors (Lipinski definition) is 3. The Morgan fingerprint density at radius 3 is 2.60 bits per heavy atom. The Kier molecular flexibility index (Phi) is 6.76. The Hall–Kier alpha value is -2.61. The van der Waals surface area contributed by atoms with Crippen molar-refractivity contribution < 1.29 is 9.59 Å². The lowest BCUT2D eigenvalue weighted by atomic mass is 10.1. The van der Waals surface area contributed by atoms with Crippen LogP contribution in [0.3, 0.4) is 0 Å². The minimum Gasteiger partial charge on any atom is -0.301 e. The summed E-state index contributed by atoms with van der Waals surface area (Å²) in [6, 6.07) is 8.45. The monoisotopic (exact) mass is 360 g/mol. The lowest BCUT2D eigenvalue weighted by molar-refractivity contribution is -0.119. The van der Waals surface area contributed by atoms with Gasteiger partial charge in [-0.2, -0.15) is 0 Å². The first kappa shape index (κ1) is 18.7. The molecule has 0 saturated heterocycles. The van der Waals surface area contributed by atoms with Crippen molar-refractivity contribution >= 4 is 23.6 Å². The van der Waals surface area contributed by atoms with Crippen molar-refractivity contribution in [3.63, 3.8) is 0 Å². The number of hydrogen-bond acceptors (Lipinski definition) is 5. The number of H-pyrrole nitrogens is 1. The molecular formula is C17H20N4O3S. The van der Waals surface area contributed by atoms with Crippen molar-refractivity contribution in [1.82, 2.24) is 20.8 Å². The molecule has 1 heterocycles. The summed E-state index contributed by atoms with van der Waals surface area (Å²) < 4.78 is 0. The number of amides is 2. The first-order chi connectivity index (χ1) is 12.0. The lowest BCUT2D eigenvalue weighted by Gasteiger charge is -2.07. The molecule has 3 N–H and O–H groups in total. The summed E-state index contributed by atoms with van der Waals surface area (Å²) in [6.45, 7) is 3.93. The van der Waals surface area contributed by atoms with E-state index in [4.69, 9.17) is 0 Å². The summed E-state index contributed by atoms with van der Waals surface area (Å²) >= 11 is 1.10. The van der Waals surface area contributed by atoms with E-state index >= 15 is 0 Å². The van der Waals surface area contributed by atoms with Gasteiger partial charge in [0.1, 0.15) is 0 Å². The number of carbonyl (C=O) groups excluding carboxylic acids is 2. The number of rotatable bonds is 6. The van der Waals surface area contributed by atoms with E-state index in [1.54, 1.807) is 12.1 Å². The van der Waals surface area contributed by atoms with Crippen LogP contribution in [0.2, 0.25) is 0 Å². The second kappa shape index (κ2) is 9.03. The molecule has 2 rings (SSSR count). The predicted octanol–water partition coefficient (Wildman–Crippen LogP) is 1.58. The molecule has 0 saturated carbocycles. The number of aromatic nitrogens is 2. The average Bonchev–Trinajstić information content (AvgIpc) is 2.58. The molecule has 0 spiro atoms. The molecular weight excluding hydrogens is 340 g/mol. The van der Waals surface area contributed by atoms with Gasteiger partial charge in [-0.05, 0) is 25.5 Å². The molecule has 0 atom stereocenters. The first-order valence-corrected chi connectivity index (χ1v) is 8.85. The Bertz CT molecular complexity index is 802. The van der Waals surface area contributed by atoms with E-state index in [2.05, 4.69) is 20.8 Å². The van der Waals surface area contributed by atoms with Gasteiger partial charge in [-0.15, -0.1) is 0 Å². The number of aryl methyl sites for hydroxylation is 2. The summed E-state index contributed by atoms with van der Waals surface area (Å²) in [5, 5.41) is 0.385. The first-order valence-electron chi connectivity index (χ1n) is 7.87. The zero-order valence-electron chi connectivity index (χ0n) is 14.1. The van der Waals surface area contributed by atoms with Crippen LogP contribution in [0.25, 0.3) is 0 Å². The van der Waals surface area contributed by atoms with E-state index in [0.717, 1.165) is 23.7 Å². The van der Waals surface area contributed by atoms with E-state index in [-0.39, 0.29) is 11.3 Å². The number of nitrogens with one attached hydrogen (secondary N) is 3. The molecule has 1 aromatic carbocycles. The van der Waals surface area contributed by atoms with Crippen LogP contribution in [-0.4, -0.2) is 27.5 Å². The fraction of sp³-hybridized carbons (Fsp3) is 0.294. The van der Waals surface area contributed by atoms with Crippen LogP contribution in [0.1, 0.15) is 35.0 Å². The van der Waals surface area contributed by atoms with Gasteiger partial charge >= 0.3 is 0 Å². The SMILES string of the molecule is CCCc1cc(=O)[nH]c(SCC(=O)NNC(=O)c2ccc(C)cc2)n1. The maximum atomic E-state index is 11.9. The highest BCUT2D eigenvalue weighted by molar-refractivity contribution is 7.99. The molecule has 7 nitrogen and oxygen atoms in total. The number of aromatic amines is 1. The summed E-state index contributed by atoms with van der Waals surface area (Å²) in [7, 11) is 0. The minimum absolute atomic E-state index is 0.0205. The zero-order valence-corrected chi connectivity index (χ0v) is 14.9. The molecule has 0 bridgehead atoms. The Morgan fingerprint density at radius 1 is 1.20 bits per heavy atom. The van der Waals surface area contributed by atoms with Crippen LogP contribution in [0.5, 0.6) is 0 Å². The topological polar surface area (TPSA) is 104 Å². The zero-order chi connectivity index (χ0) is 18.2. The van der Waals surface area contributed by atoms with E-state index in [1.807, 2.05) is 26.0 Å². The van der Waals surface area contributed by atoms with Gasteiger partial charge in [0.15, 0.2) is 5.16 Å². The maximum Gasteiger partial charge on any atom is 0.269 e. The number of nitrogens with zero attached hydrogens (tertiary/aromatic N) is 1. The van der Waals surface area contributed by atoms with Gasteiger partial charge in [0.05, 0.1) is 5.75 Å². The molecule has 2 aromatic rings. The van der Waals surface area contributed by atoms with Crippen LogP contribution in [-0.2, 0) is 11.2 Å². The van der Waals surface area contributed by atoms with Crippen LogP contribution in [0.15, 0.2) is 40.3 Å². The summed E-state index contributed by atoms with van der Waals surface area (Å²) in [4.78, 5) is 42.2. The number of carbonyl (C=O) groups is 2. The molecule has 1 aromatic heterocycles. The highest BCUT2D eigenvalue weighted by Gasteiger charge is 2.09. The van der Waals surface area contributed by atoms with Crippen molar-refractivity contribution in [2.75, 3.05) is 5.75 Å². The number of benzene rings is 1. The normalized spacial score (nSPS) is 10.3. The van der Waals surface area contributed by atoms with Gasteiger partial charge < -0.3 is 4.98 Å². The number of hydrazine groups is 1. The van der Waals surface area contributed by atoms with Crippen LogP contribution >= 0.6 is 11.8 Å². The van der Waals surface area contributed by atoms with Crippen molar-refractivity contribution in [3.05, 3.63) is 57.5 Å². The van der Waals surface area contributed by atoms with Crippen LogP contribution in [0.4, 0.5) is 0 Å². The second-order valence-corrected chi connectivity index (χ2v) is 6.41. The van der Waals surface area contributed by atoms with E-state index in [0.29, 0.717) is 22.8 Å². The molecule has 0 aliphatic heterocycles. The van der Waals surface area contributed by atoms with Crippen molar-refractivity contribution in [1.29, 1.82) is 0 Å². The number of thioether (sulfide) groups is 1. The highest BCUT2D eigenvalue weighted by Crippen LogP contribution is 2.11. The molecule has 0 aliphatic rings. The summed E-state index contributed by atoms with van der Waals surface area (Å²) in [5.74, 6) is -0.768. The highest BCUT2D eigenvalue weighted by atomic mass is 32.2. The van der Waals surface area contributed by atoms with E-state index in [1.165, 1.54) is 6.07 Å². The summed E-state index contributed by atoms with van der Waals surface area (Å²) in [6.07, 6.45) is 1.59. The molecule has 2 amide bonds. The maximum absolute atomic E-state index is 11.9. The Balaban J connectivity index is 1.83. The third kappa shape index (κ3) is 6.07. The van der Waals surface area contributed by atoms with E-state index < -0.39 is 11.8 Å². The van der Waals surface area contributed by atoms with Gasteiger partial charge in [0.25, 0.3) is 11.5 Å². The third-order valence-corrected chi connectivity index (χ3v) is 4.12. The fourth-order valence-electron chi connectivity index (χ4n) is 2.01. The van der Waals surface area contributed by atoms with Crippen LogP contribution in [0, 0.1) is 6.92 Å². The second-order valence-electron chi connectivity index (χ2n) is 5.45. The van der Waals surface area contributed by atoms with Crippen molar-refractivity contribution in [3.8, 4) is 0 Å². The van der Waals surface area contributed by atoms with Gasteiger partial charge in [-0.1, -0.05) is 42.8 Å². The van der Waals surface area contributed by atoms with Crippen molar-refractivity contribution in [2.45, 2.75) is 31.8 Å².